The lowest BCUT2D eigenvalue weighted by Gasteiger charge is -2.10. The molecule has 0 fully saturated rings. The van der Waals surface area contributed by atoms with Gasteiger partial charge in [-0.3, -0.25) is 10.1 Å². The summed E-state index contributed by atoms with van der Waals surface area (Å²) in [5.74, 6) is -0.00985. The van der Waals surface area contributed by atoms with Crippen LogP contribution in [0.2, 0.25) is 10.3 Å². The molecule has 1 aromatic carbocycles. The van der Waals surface area contributed by atoms with Crippen LogP contribution in [0.25, 0.3) is 0 Å². The number of benzene rings is 1. The molecular weight excluding hydrogens is 341 g/mol. The fourth-order valence-electron chi connectivity index (χ4n) is 1.87. The molecule has 6 nitrogen and oxygen atoms in total. The number of pyridine rings is 1. The zero-order valence-electron chi connectivity index (χ0n) is 12.3. The van der Waals surface area contributed by atoms with Gasteiger partial charge in [-0.05, 0) is 42.8 Å². The fraction of sp³-hybridized carbons (Fsp3) is 0.133. The zero-order valence-corrected chi connectivity index (χ0v) is 13.8. The summed E-state index contributed by atoms with van der Waals surface area (Å²) in [6.45, 7) is 1.65. The lowest BCUT2D eigenvalue weighted by Crippen LogP contribution is -2.35. The molecule has 0 unspecified atom stereocenters. The number of urea groups is 1. The number of methoxy groups -OCH3 is 1. The predicted molar refractivity (Wildman–Crippen MR) is 88.5 cm³/mol. The van der Waals surface area contributed by atoms with E-state index in [1.54, 1.807) is 38.3 Å². The molecule has 0 spiro atoms. The molecule has 0 atom stereocenters. The third kappa shape index (κ3) is 4.34. The smallest absolute Gasteiger partial charge is 0.326 e. The highest BCUT2D eigenvalue weighted by molar-refractivity contribution is 6.35. The third-order valence-corrected chi connectivity index (χ3v) is 3.41. The lowest BCUT2D eigenvalue weighted by molar-refractivity contribution is 0.0966. The number of anilines is 1. The summed E-state index contributed by atoms with van der Waals surface area (Å²) < 4.78 is 5.02. The van der Waals surface area contributed by atoms with Crippen LogP contribution in [-0.2, 0) is 0 Å². The number of carbonyl (C=O) groups excluding carboxylic acids is 2. The second kappa shape index (κ2) is 7.30. The van der Waals surface area contributed by atoms with Crippen molar-refractivity contribution in [2.75, 3.05) is 12.4 Å². The molecular formula is C15H13Cl2N3O3. The number of imide groups is 1. The largest absolute Gasteiger partial charge is 0.497 e. The van der Waals surface area contributed by atoms with Gasteiger partial charge in [-0.2, -0.15) is 0 Å². The van der Waals surface area contributed by atoms with Crippen molar-refractivity contribution in [1.29, 1.82) is 0 Å². The van der Waals surface area contributed by atoms with Gasteiger partial charge >= 0.3 is 6.03 Å². The number of carbonyl (C=O) groups is 2. The van der Waals surface area contributed by atoms with Crippen molar-refractivity contribution in [3.63, 3.8) is 0 Å². The second-order valence-electron chi connectivity index (χ2n) is 4.56. The van der Waals surface area contributed by atoms with Gasteiger partial charge in [0.1, 0.15) is 16.1 Å². The number of nitrogens with zero attached hydrogens (tertiary/aromatic N) is 1. The highest BCUT2D eigenvalue weighted by Crippen LogP contribution is 2.21. The minimum atomic E-state index is -0.689. The van der Waals surface area contributed by atoms with E-state index in [1.807, 2.05) is 0 Å². The Bertz CT molecular complexity index is 725. The molecule has 2 N–H and O–H groups in total. The van der Waals surface area contributed by atoms with Gasteiger partial charge in [0.2, 0.25) is 0 Å². The van der Waals surface area contributed by atoms with Crippen LogP contribution in [0.4, 0.5) is 10.5 Å². The molecule has 0 saturated heterocycles. The molecule has 1 aromatic heterocycles. The number of hydrogen-bond acceptors (Lipinski definition) is 4. The molecule has 0 saturated carbocycles. The SMILES string of the molecule is COc1ccc(NC(=O)NC(=O)c2c(C)cc(Cl)nc2Cl)cc1. The van der Waals surface area contributed by atoms with Crippen LogP contribution in [0.3, 0.4) is 0 Å². The second-order valence-corrected chi connectivity index (χ2v) is 5.31. The molecule has 0 aliphatic rings. The van der Waals surface area contributed by atoms with E-state index < -0.39 is 11.9 Å². The van der Waals surface area contributed by atoms with Crippen molar-refractivity contribution >= 4 is 40.8 Å². The third-order valence-electron chi connectivity index (χ3n) is 2.94. The summed E-state index contributed by atoms with van der Waals surface area (Å²) in [7, 11) is 1.54. The maximum absolute atomic E-state index is 12.1. The number of ether oxygens (including phenoxy) is 1. The van der Waals surface area contributed by atoms with Crippen molar-refractivity contribution in [3.8, 4) is 5.75 Å². The summed E-state index contributed by atoms with van der Waals surface area (Å²) in [5, 5.41) is 4.82. The van der Waals surface area contributed by atoms with E-state index in [-0.39, 0.29) is 15.9 Å². The minimum absolute atomic E-state index is 0.0650. The average Bonchev–Trinajstić information content (AvgIpc) is 2.46. The molecule has 0 aliphatic heterocycles. The van der Waals surface area contributed by atoms with E-state index in [1.165, 1.54) is 6.07 Å². The molecule has 2 rings (SSSR count). The highest BCUT2D eigenvalue weighted by Gasteiger charge is 2.18. The molecule has 3 amide bonds. The Kier molecular flexibility index (Phi) is 5.41. The monoisotopic (exact) mass is 353 g/mol. The maximum Gasteiger partial charge on any atom is 0.326 e. The number of halogens is 2. The first-order valence-corrected chi connectivity index (χ1v) is 7.25. The standard InChI is InChI=1S/C15H13Cl2N3O3/c1-8-7-11(16)19-13(17)12(8)14(21)20-15(22)18-9-3-5-10(23-2)6-4-9/h3-7H,1-2H3,(H2,18,20,21,22). The normalized spacial score (nSPS) is 10.1. The highest BCUT2D eigenvalue weighted by atomic mass is 35.5. The van der Waals surface area contributed by atoms with Gasteiger partial charge < -0.3 is 10.1 Å². The Morgan fingerprint density at radius 1 is 1.17 bits per heavy atom. The van der Waals surface area contributed by atoms with Gasteiger partial charge in [-0.1, -0.05) is 23.2 Å². The van der Waals surface area contributed by atoms with E-state index in [4.69, 9.17) is 27.9 Å². The topological polar surface area (TPSA) is 80.3 Å². The van der Waals surface area contributed by atoms with Crippen LogP contribution in [0.15, 0.2) is 30.3 Å². The first kappa shape index (κ1) is 17.1. The molecule has 23 heavy (non-hydrogen) atoms. The van der Waals surface area contributed by atoms with Crippen LogP contribution in [-0.4, -0.2) is 24.0 Å². The summed E-state index contributed by atoms with van der Waals surface area (Å²) in [6.07, 6.45) is 0. The molecule has 0 aliphatic carbocycles. The van der Waals surface area contributed by atoms with E-state index in [0.29, 0.717) is 17.0 Å². The van der Waals surface area contributed by atoms with E-state index >= 15 is 0 Å². The number of aryl methyl sites for hydroxylation is 1. The molecule has 2 aromatic rings. The van der Waals surface area contributed by atoms with Crippen LogP contribution < -0.4 is 15.4 Å². The van der Waals surface area contributed by atoms with Crippen LogP contribution in [0, 0.1) is 6.92 Å². The molecule has 1 heterocycles. The van der Waals surface area contributed by atoms with Crippen LogP contribution in [0.1, 0.15) is 15.9 Å². The molecule has 0 bridgehead atoms. The van der Waals surface area contributed by atoms with E-state index in [2.05, 4.69) is 15.6 Å². The summed E-state index contributed by atoms with van der Waals surface area (Å²) >= 11 is 11.7. The summed E-state index contributed by atoms with van der Waals surface area (Å²) in [4.78, 5) is 27.8. The summed E-state index contributed by atoms with van der Waals surface area (Å²) in [6, 6.07) is 7.45. The first-order chi connectivity index (χ1) is 10.9. The maximum atomic E-state index is 12.1. The molecule has 120 valence electrons. The van der Waals surface area contributed by atoms with Gasteiger partial charge in [0.15, 0.2) is 0 Å². The van der Waals surface area contributed by atoms with Gasteiger partial charge in [0, 0.05) is 5.69 Å². The number of amides is 3. The fourth-order valence-corrected chi connectivity index (χ4v) is 2.49. The first-order valence-electron chi connectivity index (χ1n) is 6.49. The predicted octanol–water partition coefficient (Wildman–Crippen LogP) is 3.67. The number of hydrogen-bond donors (Lipinski definition) is 2. The zero-order chi connectivity index (χ0) is 17.0. The van der Waals surface area contributed by atoms with Gasteiger partial charge in [0.25, 0.3) is 5.91 Å². The minimum Gasteiger partial charge on any atom is -0.497 e. The van der Waals surface area contributed by atoms with Crippen molar-refractivity contribution in [2.45, 2.75) is 6.92 Å². The van der Waals surface area contributed by atoms with Crippen molar-refractivity contribution in [1.82, 2.24) is 10.3 Å². The van der Waals surface area contributed by atoms with Crippen LogP contribution in [0.5, 0.6) is 5.75 Å². The quantitative estimate of drug-likeness (QED) is 0.825. The Hall–Kier alpha value is -2.31. The van der Waals surface area contributed by atoms with E-state index in [0.717, 1.165) is 0 Å². The van der Waals surface area contributed by atoms with Gasteiger partial charge in [-0.25, -0.2) is 9.78 Å². The summed E-state index contributed by atoms with van der Waals surface area (Å²) in [5.41, 5.74) is 1.12. The molecule has 8 heteroatoms. The Labute approximate surface area is 142 Å². The van der Waals surface area contributed by atoms with Crippen molar-refractivity contribution < 1.29 is 14.3 Å². The van der Waals surface area contributed by atoms with Gasteiger partial charge in [-0.15, -0.1) is 0 Å². The van der Waals surface area contributed by atoms with Crippen LogP contribution >= 0.6 is 23.2 Å². The lowest BCUT2D eigenvalue weighted by atomic mass is 10.1. The van der Waals surface area contributed by atoms with Gasteiger partial charge in [0.05, 0.1) is 12.7 Å². The van der Waals surface area contributed by atoms with Crippen molar-refractivity contribution in [2.24, 2.45) is 0 Å². The average molecular weight is 354 g/mol. The van der Waals surface area contributed by atoms with Crippen molar-refractivity contribution in [3.05, 3.63) is 51.8 Å². The Balaban J connectivity index is 2.06. The number of rotatable bonds is 3. The number of nitrogens with one attached hydrogen (secondary N) is 2. The van der Waals surface area contributed by atoms with E-state index in [9.17, 15) is 9.59 Å². The Morgan fingerprint density at radius 3 is 2.39 bits per heavy atom. The Morgan fingerprint density at radius 2 is 1.83 bits per heavy atom. The molecule has 0 radical (unpaired) electrons. The number of aromatic nitrogens is 1.